The summed E-state index contributed by atoms with van der Waals surface area (Å²) in [5, 5.41) is 4.08. The van der Waals surface area contributed by atoms with E-state index in [4.69, 9.17) is 0 Å². The molecule has 0 spiro atoms. The molecule has 3 heterocycles. The standard InChI is InChI=1S/C21H15N3OS/c25-21(24-11-12-26-20-18(24)8-4-10-23-20)17-13-14-5-1-2-6-15(14)16-7-3-9-22-19(16)17/h1-10,13H,11-12H2. The summed E-state index contributed by atoms with van der Waals surface area (Å²) in [6, 6.07) is 17.9. The van der Waals surface area contributed by atoms with Crippen LogP contribution in [0.1, 0.15) is 10.4 Å². The van der Waals surface area contributed by atoms with Crippen molar-refractivity contribution in [1.29, 1.82) is 0 Å². The van der Waals surface area contributed by atoms with Gasteiger partial charge in [0.2, 0.25) is 0 Å². The number of amides is 1. The lowest BCUT2D eigenvalue weighted by Crippen LogP contribution is -2.35. The molecule has 5 rings (SSSR count). The monoisotopic (exact) mass is 357 g/mol. The maximum absolute atomic E-state index is 13.5. The molecule has 0 saturated carbocycles. The number of rotatable bonds is 1. The number of aromatic nitrogens is 2. The highest BCUT2D eigenvalue weighted by molar-refractivity contribution is 7.99. The predicted octanol–water partition coefficient (Wildman–Crippen LogP) is 4.54. The zero-order chi connectivity index (χ0) is 17.5. The number of benzene rings is 2. The van der Waals surface area contributed by atoms with Gasteiger partial charge in [-0.25, -0.2) is 4.98 Å². The summed E-state index contributed by atoms with van der Waals surface area (Å²) in [7, 11) is 0. The molecule has 0 fully saturated rings. The molecule has 0 bridgehead atoms. The molecule has 0 radical (unpaired) electrons. The molecular weight excluding hydrogens is 342 g/mol. The Balaban J connectivity index is 1.73. The van der Waals surface area contributed by atoms with E-state index < -0.39 is 0 Å². The molecule has 4 aromatic rings. The molecular formula is C21H15N3OS. The van der Waals surface area contributed by atoms with E-state index >= 15 is 0 Å². The second-order valence-electron chi connectivity index (χ2n) is 6.18. The lowest BCUT2D eigenvalue weighted by atomic mass is 10.00. The smallest absolute Gasteiger partial charge is 0.260 e. The Morgan fingerprint density at radius 3 is 2.73 bits per heavy atom. The van der Waals surface area contributed by atoms with Crippen molar-refractivity contribution >= 4 is 45.0 Å². The van der Waals surface area contributed by atoms with Crippen LogP contribution in [0.4, 0.5) is 5.69 Å². The summed E-state index contributed by atoms with van der Waals surface area (Å²) >= 11 is 1.69. The van der Waals surface area contributed by atoms with Gasteiger partial charge in [-0.1, -0.05) is 30.3 Å². The summed E-state index contributed by atoms with van der Waals surface area (Å²) in [6.07, 6.45) is 3.52. The van der Waals surface area contributed by atoms with Gasteiger partial charge in [-0.05, 0) is 35.0 Å². The van der Waals surface area contributed by atoms with E-state index in [9.17, 15) is 4.79 Å². The van der Waals surface area contributed by atoms with Crippen molar-refractivity contribution in [3.8, 4) is 0 Å². The first-order valence-corrected chi connectivity index (χ1v) is 9.47. The van der Waals surface area contributed by atoms with Crippen molar-refractivity contribution in [2.24, 2.45) is 0 Å². The van der Waals surface area contributed by atoms with Crippen molar-refractivity contribution in [3.63, 3.8) is 0 Å². The van der Waals surface area contributed by atoms with E-state index in [1.54, 1.807) is 24.2 Å². The Morgan fingerprint density at radius 1 is 0.962 bits per heavy atom. The van der Waals surface area contributed by atoms with Crippen LogP contribution in [0, 0.1) is 0 Å². The average Bonchev–Trinajstić information content (AvgIpc) is 2.72. The third-order valence-corrected chi connectivity index (χ3v) is 5.66. The number of nitrogens with zero attached hydrogens (tertiary/aromatic N) is 3. The van der Waals surface area contributed by atoms with Gasteiger partial charge in [0.05, 0.1) is 16.8 Å². The molecule has 126 valence electrons. The van der Waals surface area contributed by atoms with Crippen molar-refractivity contribution < 1.29 is 4.79 Å². The van der Waals surface area contributed by atoms with Crippen molar-refractivity contribution in [2.45, 2.75) is 5.03 Å². The van der Waals surface area contributed by atoms with Crippen LogP contribution in [0.3, 0.4) is 0 Å². The molecule has 26 heavy (non-hydrogen) atoms. The third-order valence-electron chi connectivity index (χ3n) is 4.68. The zero-order valence-corrected chi connectivity index (χ0v) is 14.7. The van der Waals surface area contributed by atoms with Crippen LogP contribution < -0.4 is 4.90 Å². The van der Waals surface area contributed by atoms with E-state index in [1.807, 2.05) is 53.4 Å². The SMILES string of the molecule is O=C(c1cc2ccccc2c2cccnc12)N1CCSc2ncccc21. The predicted molar refractivity (Wildman–Crippen MR) is 106 cm³/mol. The molecule has 0 aliphatic carbocycles. The third kappa shape index (κ3) is 2.35. The molecule has 1 amide bonds. The fraction of sp³-hybridized carbons (Fsp3) is 0.0952. The molecule has 0 saturated heterocycles. The number of carbonyl (C=O) groups excluding carboxylic acids is 1. The highest BCUT2D eigenvalue weighted by atomic mass is 32.2. The first kappa shape index (κ1) is 15.3. The molecule has 1 aliphatic rings. The Labute approximate surface area is 154 Å². The summed E-state index contributed by atoms with van der Waals surface area (Å²) in [5.74, 6) is 0.823. The fourth-order valence-corrected chi connectivity index (χ4v) is 4.43. The second kappa shape index (κ2) is 6.11. The van der Waals surface area contributed by atoms with Crippen LogP contribution >= 0.6 is 11.8 Å². The van der Waals surface area contributed by atoms with E-state index in [0.717, 1.165) is 38.1 Å². The number of carbonyl (C=O) groups is 1. The van der Waals surface area contributed by atoms with E-state index in [2.05, 4.69) is 16.0 Å². The highest BCUT2D eigenvalue weighted by Gasteiger charge is 2.26. The summed E-state index contributed by atoms with van der Waals surface area (Å²) in [6.45, 7) is 0.670. The fourth-order valence-electron chi connectivity index (χ4n) is 3.50. The zero-order valence-electron chi connectivity index (χ0n) is 13.9. The van der Waals surface area contributed by atoms with Gasteiger partial charge in [-0.15, -0.1) is 11.8 Å². The number of hydrogen-bond acceptors (Lipinski definition) is 4. The second-order valence-corrected chi connectivity index (χ2v) is 7.26. The van der Waals surface area contributed by atoms with Crippen molar-refractivity contribution in [2.75, 3.05) is 17.2 Å². The summed E-state index contributed by atoms with van der Waals surface area (Å²) in [5.41, 5.74) is 2.27. The number of thioether (sulfide) groups is 1. The van der Waals surface area contributed by atoms with Gasteiger partial charge >= 0.3 is 0 Å². The molecule has 5 heteroatoms. The Kier molecular flexibility index (Phi) is 3.60. The minimum atomic E-state index is -0.0194. The minimum Gasteiger partial charge on any atom is -0.305 e. The van der Waals surface area contributed by atoms with Crippen molar-refractivity contribution in [1.82, 2.24) is 9.97 Å². The van der Waals surface area contributed by atoms with Gasteiger partial charge in [0, 0.05) is 30.1 Å². The quantitative estimate of drug-likeness (QED) is 0.469. The van der Waals surface area contributed by atoms with Crippen LogP contribution in [0.15, 0.2) is 72.0 Å². The summed E-state index contributed by atoms with van der Waals surface area (Å²) < 4.78 is 0. The molecule has 0 atom stereocenters. The Morgan fingerprint density at radius 2 is 1.77 bits per heavy atom. The van der Waals surface area contributed by atoms with Gasteiger partial charge in [0.15, 0.2) is 0 Å². The minimum absolute atomic E-state index is 0.0194. The lowest BCUT2D eigenvalue weighted by molar-refractivity contribution is 0.0989. The van der Waals surface area contributed by atoms with E-state index in [-0.39, 0.29) is 5.91 Å². The van der Waals surface area contributed by atoms with Crippen LogP contribution in [-0.2, 0) is 0 Å². The Hall–Kier alpha value is -2.92. The van der Waals surface area contributed by atoms with E-state index in [1.165, 1.54) is 0 Å². The normalized spacial score (nSPS) is 13.8. The van der Waals surface area contributed by atoms with Gasteiger partial charge in [-0.2, -0.15) is 0 Å². The first-order valence-electron chi connectivity index (χ1n) is 8.49. The highest BCUT2D eigenvalue weighted by Crippen LogP contribution is 2.35. The lowest BCUT2D eigenvalue weighted by Gasteiger charge is -2.28. The number of fused-ring (bicyclic) bond motifs is 4. The van der Waals surface area contributed by atoms with Gasteiger partial charge in [-0.3, -0.25) is 9.78 Å². The first-order chi connectivity index (χ1) is 12.8. The molecule has 2 aromatic heterocycles. The number of anilines is 1. The van der Waals surface area contributed by atoms with Gasteiger partial charge < -0.3 is 4.90 Å². The molecule has 0 N–H and O–H groups in total. The Bertz CT molecular complexity index is 1160. The molecule has 2 aromatic carbocycles. The van der Waals surface area contributed by atoms with Gasteiger partial charge in [0.25, 0.3) is 5.91 Å². The number of hydrogen-bond donors (Lipinski definition) is 0. The van der Waals surface area contributed by atoms with Gasteiger partial charge in [0.1, 0.15) is 5.03 Å². The largest absolute Gasteiger partial charge is 0.305 e. The van der Waals surface area contributed by atoms with Crippen LogP contribution in [0.2, 0.25) is 0 Å². The summed E-state index contributed by atoms with van der Waals surface area (Å²) in [4.78, 5) is 24.2. The number of pyridine rings is 2. The molecule has 0 unspecified atom stereocenters. The van der Waals surface area contributed by atoms with Crippen LogP contribution in [0.5, 0.6) is 0 Å². The molecule has 1 aliphatic heterocycles. The van der Waals surface area contributed by atoms with Crippen LogP contribution in [0.25, 0.3) is 21.7 Å². The topological polar surface area (TPSA) is 46.1 Å². The molecule has 4 nitrogen and oxygen atoms in total. The maximum Gasteiger partial charge on any atom is 0.260 e. The van der Waals surface area contributed by atoms with E-state index in [0.29, 0.717) is 12.1 Å². The average molecular weight is 357 g/mol. The van der Waals surface area contributed by atoms with Crippen molar-refractivity contribution in [3.05, 3.63) is 72.6 Å². The maximum atomic E-state index is 13.5. The van der Waals surface area contributed by atoms with Crippen LogP contribution in [-0.4, -0.2) is 28.2 Å².